The van der Waals surface area contributed by atoms with E-state index < -0.39 is 32.5 Å². The average Bonchev–Trinajstić information content (AvgIpc) is 3.11. The number of rotatable bonds is 36. The molecule has 0 aliphatic heterocycles. The number of hydrogen-bond donors (Lipinski definition) is 2. The van der Waals surface area contributed by atoms with Crippen molar-refractivity contribution in [3.63, 3.8) is 0 Å². The smallest absolute Gasteiger partial charge is 0.462 e. The maximum absolute atomic E-state index is 12.4. The molecular formula is C43H71O8P. The van der Waals surface area contributed by atoms with E-state index in [0.717, 1.165) is 64.2 Å². The van der Waals surface area contributed by atoms with Crippen LogP contribution in [0, 0.1) is 0 Å². The minimum atomic E-state index is -4.77. The monoisotopic (exact) mass is 746 g/mol. The molecule has 52 heavy (non-hydrogen) atoms. The normalized spacial score (nSPS) is 13.1. The predicted molar refractivity (Wildman–Crippen MR) is 216 cm³/mol. The van der Waals surface area contributed by atoms with Crippen molar-refractivity contribution in [2.24, 2.45) is 0 Å². The van der Waals surface area contributed by atoms with E-state index in [2.05, 4.69) is 78.8 Å². The van der Waals surface area contributed by atoms with Crippen molar-refractivity contribution in [2.75, 3.05) is 13.2 Å². The van der Waals surface area contributed by atoms with Crippen LogP contribution < -0.4 is 0 Å². The van der Waals surface area contributed by atoms with Crippen LogP contribution in [-0.2, 0) is 28.2 Å². The van der Waals surface area contributed by atoms with E-state index in [1.807, 2.05) is 18.2 Å². The first-order valence-corrected chi connectivity index (χ1v) is 21.4. The van der Waals surface area contributed by atoms with E-state index >= 15 is 0 Å². The van der Waals surface area contributed by atoms with E-state index in [4.69, 9.17) is 19.3 Å². The molecule has 1 atom stereocenters. The van der Waals surface area contributed by atoms with Gasteiger partial charge in [-0.05, 0) is 64.2 Å². The summed E-state index contributed by atoms with van der Waals surface area (Å²) >= 11 is 0. The molecular weight excluding hydrogens is 675 g/mol. The maximum atomic E-state index is 12.4. The standard InChI is InChI=1S/C43H71O8P/c1-3-5-7-9-11-13-15-17-19-20-21-22-24-25-27-29-31-33-35-37-42(44)49-39-41(40-50-52(46,47)48)51-43(45)38-36-34-32-30-28-26-23-18-16-14-12-10-8-6-4-2/h4-5,7,11,13,17,19,21-22,25,27,31,33,41H,2-3,6,8-10,12,14-16,18,20,23-24,26,28-30,32,34-40H2,1H3,(H2,46,47,48)/b7-5+,13-11+,19-17+,22-21+,27-25+,33-31+/t41-/m1/s1. The van der Waals surface area contributed by atoms with Crippen molar-refractivity contribution in [2.45, 2.75) is 161 Å². The topological polar surface area (TPSA) is 119 Å². The Labute approximate surface area is 316 Å². The highest BCUT2D eigenvalue weighted by molar-refractivity contribution is 7.46. The Balaban J connectivity index is 4.07. The quantitative estimate of drug-likeness (QED) is 0.0281. The van der Waals surface area contributed by atoms with Crippen LogP contribution in [0.1, 0.15) is 155 Å². The van der Waals surface area contributed by atoms with Gasteiger partial charge in [0.05, 0.1) is 6.61 Å². The van der Waals surface area contributed by atoms with Crippen molar-refractivity contribution in [1.82, 2.24) is 0 Å². The van der Waals surface area contributed by atoms with Gasteiger partial charge in [-0.2, -0.15) is 0 Å². The Bertz CT molecular complexity index is 1100. The van der Waals surface area contributed by atoms with Crippen LogP contribution in [0.3, 0.4) is 0 Å². The summed E-state index contributed by atoms with van der Waals surface area (Å²) in [4.78, 5) is 42.7. The lowest BCUT2D eigenvalue weighted by Crippen LogP contribution is -2.29. The second-order valence-electron chi connectivity index (χ2n) is 13.0. The third-order valence-electron chi connectivity index (χ3n) is 8.06. The van der Waals surface area contributed by atoms with Crippen LogP contribution in [-0.4, -0.2) is 41.0 Å². The molecule has 0 bridgehead atoms. The van der Waals surface area contributed by atoms with E-state index in [9.17, 15) is 14.2 Å². The molecule has 9 heteroatoms. The molecule has 0 unspecified atom stereocenters. The molecule has 296 valence electrons. The summed E-state index contributed by atoms with van der Waals surface area (Å²) in [7, 11) is -4.77. The fourth-order valence-electron chi connectivity index (χ4n) is 5.14. The highest BCUT2D eigenvalue weighted by atomic mass is 31.2. The number of unbranched alkanes of at least 4 members (excludes halogenated alkanes) is 13. The molecule has 0 heterocycles. The Morgan fingerprint density at radius 2 is 0.981 bits per heavy atom. The molecule has 2 N–H and O–H groups in total. The van der Waals surface area contributed by atoms with E-state index in [1.165, 1.54) is 57.8 Å². The van der Waals surface area contributed by atoms with Crippen LogP contribution in [0.2, 0.25) is 0 Å². The second-order valence-corrected chi connectivity index (χ2v) is 14.2. The van der Waals surface area contributed by atoms with E-state index in [1.54, 1.807) is 0 Å². The average molecular weight is 747 g/mol. The van der Waals surface area contributed by atoms with Crippen molar-refractivity contribution >= 4 is 19.8 Å². The molecule has 0 saturated carbocycles. The summed E-state index contributed by atoms with van der Waals surface area (Å²) < 4.78 is 26.3. The van der Waals surface area contributed by atoms with Crippen LogP contribution in [0.25, 0.3) is 0 Å². The molecule has 0 radical (unpaired) electrons. The van der Waals surface area contributed by atoms with Crippen LogP contribution >= 0.6 is 7.82 Å². The van der Waals surface area contributed by atoms with Gasteiger partial charge in [0.15, 0.2) is 6.10 Å². The van der Waals surface area contributed by atoms with Gasteiger partial charge in [0.2, 0.25) is 0 Å². The SMILES string of the molecule is C=CCCCCCCCCCCCCCCCC(=O)O[C@H](COC(=O)CC/C=C/C/C=C/C/C=C/C/C=C/C/C=C/C/C=C/CC)COP(=O)(O)O. The van der Waals surface area contributed by atoms with Gasteiger partial charge in [-0.15, -0.1) is 6.58 Å². The van der Waals surface area contributed by atoms with Crippen LogP contribution in [0.4, 0.5) is 0 Å². The Morgan fingerprint density at radius 3 is 1.42 bits per heavy atom. The molecule has 0 fully saturated rings. The van der Waals surface area contributed by atoms with Crippen molar-refractivity contribution in [1.29, 1.82) is 0 Å². The Morgan fingerprint density at radius 1 is 0.558 bits per heavy atom. The number of allylic oxidation sites excluding steroid dienone is 13. The zero-order valence-electron chi connectivity index (χ0n) is 32.3. The number of phosphoric ester groups is 1. The number of carbonyl (C=O) groups excluding carboxylic acids is 2. The number of carbonyl (C=O) groups is 2. The van der Waals surface area contributed by atoms with Crippen LogP contribution in [0.5, 0.6) is 0 Å². The molecule has 0 amide bonds. The first-order chi connectivity index (χ1) is 25.3. The summed E-state index contributed by atoms with van der Waals surface area (Å²) in [6, 6.07) is 0. The maximum Gasteiger partial charge on any atom is 0.469 e. The highest BCUT2D eigenvalue weighted by Crippen LogP contribution is 2.36. The lowest BCUT2D eigenvalue weighted by molar-refractivity contribution is -0.161. The van der Waals surface area contributed by atoms with Gasteiger partial charge in [0, 0.05) is 12.8 Å². The summed E-state index contributed by atoms with van der Waals surface area (Å²) in [5.74, 6) is -0.992. The Kier molecular flexibility index (Phi) is 35.9. The van der Waals surface area contributed by atoms with Gasteiger partial charge in [-0.25, -0.2) is 4.57 Å². The highest BCUT2D eigenvalue weighted by Gasteiger charge is 2.22. The third kappa shape index (κ3) is 40.0. The van der Waals surface area contributed by atoms with Gasteiger partial charge >= 0.3 is 19.8 Å². The van der Waals surface area contributed by atoms with Gasteiger partial charge in [0.1, 0.15) is 6.61 Å². The second kappa shape index (κ2) is 38.0. The lowest BCUT2D eigenvalue weighted by atomic mass is 10.0. The van der Waals surface area contributed by atoms with Gasteiger partial charge in [0.25, 0.3) is 0 Å². The van der Waals surface area contributed by atoms with Crippen molar-refractivity contribution in [3.05, 3.63) is 85.6 Å². The van der Waals surface area contributed by atoms with Crippen molar-refractivity contribution < 1.29 is 37.9 Å². The third-order valence-corrected chi connectivity index (χ3v) is 8.54. The van der Waals surface area contributed by atoms with Gasteiger partial charge in [-0.3, -0.25) is 14.1 Å². The molecule has 0 aromatic carbocycles. The summed E-state index contributed by atoms with van der Waals surface area (Å²) in [6.07, 6.45) is 49.2. The van der Waals surface area contributed by atoms with Crippen LogP contribution in [0.15, 0.2) is 85.6 Å². The molecule has 8 nitrogen and oxygen atoms in total. The number of ether oxygens (including phenoxy) is 2. The molecule has 0 saturated heterocycles. The molecule has 0 aliphatic rings. The summed E-state index contributed by atoms with van der Waals surface area (Å²) in [5.41, 5.74) is 0. The predicted octanol–water partition coefficient (Wildman–Crippen LogP) is 12.1. The molecule has 0 spiro atoms. The largest absolute Gasteiger partial charge is 0.469 e. The summed E-state index contributed by atoms with van der Waals surface area (Å²) in [6.45, 7) is 5.01. The fourth-order valence-corrected chi connectivity index (χ4v) is 5.50. The lowest BCUT2D eigenvalue weighted by Gasteiger charge is -2.18. The van der Waals surface area contributed by atoms with E-state index in [0.29, 0.717) is 12.8 Å². The number of hydrogen-bond acceptors (Lipinski definition) is 6. The number of phosphoric acid groups is 1. The first kappa shape index (κ1) is 49.2. The molecule has 0 aromatic rings. The Hall–Kier alpha value is -2.77. The number of esters is 2. The molecule has 0 aliphatic carbocycles. The van der Waals surface area contributed by atoms with Crippen molar-refractivity contribution in [3.8, 4) is 0 Å². The van der Waals surface area contributed by atoms with Gasteiger partial charge < -0.3 is 19.3 Å². The van der Waals surface area contributed by atoms with Gasteiger partial charge in [-0.1, -0.05) is 157 Å². The molecule has 0 rings (SSSR count). The first-order valence-electron chi connectivity index (χ1n) is 19.8. The minimum Gasteiger partial charge on any atom is -0.462 e. The summed E-state index contributed by atoms with van der Waals surface area (Å²) in [5, 5.41) is 0. The zero-order valence-corrected chi connectivity index (χ0v) is 33.2. The fraction of sp³-hybridized carbons (Fsp3) is 0.628. The molecule has 0 aromatic heterocycles. The minimum absolute atomic E-state index is 0.138. The van der Waals surface area contributed by atoms with E-state index in [-0.39, 0.29) is 19.4 Å². The zero-order chi connectivity index (χ0) is 38.2.